The Hall–Kier alpha value is -4.20. The number of sulfonamides is 2. The maximum Gasteiger partial charge on any atom is 0.267 e. The van der Waals surface area contributed by atoms with Crippen LogP contribution in [0.15, 0.2) is 88.7 Å². The van der Waals surface area contributed by atoms with Gasteiger partial charge in [-0.05, 0) is 80.6 Å². The lowest BCUT2D eigenvalue weighted by Gasteiger charge is -2.34. The molecule has 1 amide bonds. The van der Waals surface area contributed by atoms with E-state index in [1.165, 1.54) is 48.5 Å². The lowest BCUT2D eigenvalue weighted by atomic mass is 10.2. The average Bonchev–Trinajstić information content (AvgIpc) is 2.92. The van der Waals surface area contributed by atoms with Gasteiger partial charge in [-0.2, -0.15) is 0 Å². The fourth-order valence-electron chi connectivity index (χ4n) is 4.19. The summed E-state index contributed by atoms with van der Waals surface area (Å²) in [6.07, 6.45) is -1.20. The molecule has 1 aliphatic rings. The van der Waals surface area contributed by atoms with Gasteiger partial charge in [-0.3, -0.25) is 9.10 Å². The van der Waals surface area contributed by atoms with E-state index in [-0.39, 0.29) is 33.7 Å². The highest BCUT2D eigenvalue weighted by Gasteiger charge is 2.37. The summed E-state index contributed by atoms with van der Waals surface area (Å²) in [5.74, 6) is -0.446. The van der Waals surface area contributed by atoms with E-state index in [4.69, 9.17) is 16.3 Å². The summed E-state index contributed by atoms with van der Waals surface area (Å²) >= 11 is 5.93. The van der Waals surface area contributed by atoms with Crippen LogP contribution in [0.5, 0.6) is 5.75 Å². The van der Waals surface area contributed by atoms with E-state index in [9.17, 15) is 21.6 Å². The number of anilines is 3. The average molecular weight is 614 g/mol. The minimum absolute atomic E-state index is 0.00870. The molecular formula is C27H24ClN5O6S2. The summed E-state index contributed by atoms with van der Waals surface area (Å²) < 4.78 is 62.0. The lowest BCUT2D eigenvalue weighted by molar-refractivity contribution is -0.122. The van der Waals surface area contributed by atoms with Gasteiger partial charge < -0.3 is 10.1 Å². The van der Waals surface area contributed by atoms with Crippen LogP contribution in [0.1, 0.15) is 11.4 Å². The molecule has 1 aromatic heterocycles. The van der Waals surface area contributed by atoms with Crippen molar-refractivity contribution in [3.05, 3.63) is 95.3 Å². The van der Waals surface area contributed by atoms with Crippen molar-refractivity contribution in [1.29, 1.82) is 0 Å². The molecular weight excluding hydrogens is 590 g/mol. The highest BCUT2D eigenvalue weighted by molar-refractivity contribution is 7.93. The van der Waals surface area contributed by atoms with Crippen molar-refractivity contribution >= 4 is 54.9 Å². The molecule has 0 fully saturated rings. The molecule has 11 nitrogen and oxygen atoms in total. The predicted octanol–water partition coefficient (Wildman–Crippen LogP) is 4.14. The Labute approximate surface area is 242 Å². The molecule has 1 atom stereocenters. The summed E-state index contributed by atoms with van der Waals surface area (Å²) in [6.45, 7) is 3.16. The van der Waals surface area contributed by atoms with E-state index in [1.54, 1.807) is 44.2 Å². The van der Waals surface area contributed by atoms with Gasteiger partial charge in [-0.1, -0.05) is 23.7 Å². The fraction of sp³-hybridized carbons (Fsp3) is 0.148. The Morgan fingerprint density at radius 3 is 2.17 bits per heavy atom. The van der Waals surface area contributed by atoms with E-state index >= 15 is 0 Å². The zero-order chi connectivity index (χ0) is 29.4. The normalized spacial score (nSPS) is 15.0. The fourth-order valence-corrected chi connectivity index (χ4v) is 6.74. The highest BCUT2D eigenvalue weighted by Crippen LogP contribution is 2.37. The monoisotopic (exact) mass is 613 g/mol. The first-order valence-corrected chi connectivity index (χ1v) is 15.5. The SMILES string of the molecule is Cc1cc(C)nc(NS(=O)(=O)c2ccc(NC(=O)[C@H]3CN(S(=O)(=O)c4ccc(Cl)cc4)c4ccccc4O3)cc2)n1. The van der Waals surface area contributed by atoms with E-state index < -0.39 is 32.1 Å². The topological polar surface area (TPSA) is 148 Å². The molecule has 2 N–H and O–H groups in total. The number of amides is 1. The molecule has 1 aliphatic heterocycles. The summed E-state index contributed by atoms with van der Waals surface area (Å²) in [4.78, 5) is 21.3. The molecule has 0 bridgehead atoms. The molecule has 0 radical (unpaired) electrons. The van der Waals surface area contributed by atoms with E-state index in [0.29, 0.717) is 22.1 Å². The number of rotatable bonds is 7. The molecule has 5 rings (SSSR count). The summed E-state index contributed by atoms with van der Waals surface area (Å²) in [7, 11) is -8.05. The van der Waals surface area contributed by atoms with Crippen LogP contribution in [0.3, 0.4) is 0 Å². The number of carbonyl (C=O) groups is 1. The van der Waals surface area contributed by atoms with Gasteiger partial charge in [0.05, 0.1) is 22.0 Å². The Balaban J connectivity index is 1.34. The van der Waals surface area contributed by atoms with Gasteiger partial charge in [0.15, 0.2) is 6.10 Å². The van der Waals surface area contributed by atoms with Crippen LogP contribution in [0, 0.1) is 13.8 Å². The van der Waals surface area contributed by atoms with Gasteiger partial charge in [0.2, 0.25) is 5.95 Å². The van der Waals surface area contributed by atoms with Crippen molar-refractivity contribution in [2.75, 3.05) is 20.9 Å². The quantitative estimate of drug-likeness (QED) is 0.316. The first kappa shape index (κ1) is 28.3. The van der Waals surface area contributed by atoms with Crippen molar-refractivity contribution in [2.45, 2.75) is 29.7 Å². The molecule has 4 aromatic rings. The number of aryl methyl sites for hydroxylation is 2. The second kappa shape index (κ2) is 11.0. The molecule has 3 aromatic carbocycles. The molecule has 0 saturated heterocycles. The number of halogens is 1. The Morgan fingerprint density at radius 1 is 0.902 bits per heavy atom. The number of hydrogen-bond donors (Lipinski definition) is 2. The molecule has 0 saturated carbocycles. The van der Waals surface area contributed by atoms with E-state index in [2.05, 4.69) is 20.0 Å². The molecule has 41 heavy (non-hydrogen) atoms. The minimum Gasteiger partial charge on any atom is -0.476 e. The number of hydrogen-bond acceptors (Lipinski definition) is 8. The number of nitrogens with one attached hydrogen (secondary N) is 2. The number of carbonyl (C=O) groups excluding carboxylic acids is 1. The second-order valence-corrected chi connectivity index (χ2v) is 13.1. The largest absolute Gasteiger partial charge is 0.476 e. The molecule has 0 unspecified atom stereocenters. The highest BCUT2D eigenvalue weighted by atomic mass is 35.5. The van der Waals surface area contributed by atoms with Gasteiger partial charge in [0, 0.05) is 22.1 Å². The molecule has 0 aliphatic carbocycles. The molecule has 212 valence electrons. The molecule has 0 spiro atoms. The number of aromatic nitrogens is 2. The van der Waals surface area contributed by atoms with Gasteiger partial charge >= 0.3 is 0 Å². The van der Waals surface area contributed by atoms with Crippen LogP contribution in [0.2, 0.25) is 5.02 Å². The lowest BCUT2D eigenvalue weighted by Crippen LogP contribution is -2.48. The van der Waals surface area contributed by atoms with Crippen molar-refractivity contribution in [3.63, 3.8) is 0 Å². The van der Waals surface area contributed by atoms with Crippen molar-refractivity contribution in [3.8, 4) is 5.75 Å². The number of fused-ring (bicyclic) bond motifs is 1. The smallest absolute Gasteiger partial charge is 0.267 e. The first-order valence-electron chi connectivity index (χ1n) is 12.2. The third kappa shape index (κ3) is 6.11. The van der Waals surface area contributed by atoms with Crippen LogP contribution in [0.4, 0.5) is 17.3 Å². The van der Waals surface area contributed by atoms with Crippen molar-refractivity contribution in [2.24, 2.45) is 0 Å². The maximum atomic E-state index is 13.5. The first-order chi connectivity index (χ1) is 19.4. The number of para-hydroxylation sites is 2. The van der Waals surface area contributed by atoms with Crippen molar-refractivity contribution < 1.29 is 26.4 Å². The third-order valence-electron chi connectivity index (χ3n) is 6.07. The standard InChI is InChI=1S/C27H24ClN5O6S2/c1-17-15-18(2)30-27(29-17)32-40(35,36)21-13-9-20(10-14-21)31-26(34)25-16-33(23-5-3-4-6-24(23)39-25)41(37,38)22-11-7-19(28)8-12-22/h3-15,25H,16H2,1-2H3,(H,31,34)(H,29,30,32)/t25-/m1/s1. The minimum atomic E-state index is -4.05. The van der Waals surface area contributed by atoms with Crippen LogP contribution < -0.4 is 19.1 Å². The second-order valence-electron chi connectivity index (χ2n) is 9.16. The van der Waals surface area contributed by atoms with E-state index in [1.807, 2.05) is 0 Å². The zero-order valence-electron chi connectivity index (χ0n) is 21.8. The third-order valence-corrected chi connectivity index (χ3v) is 9.46. The summed E-state index contributed by atoms with van der Waals surface area (Å²) in [6, 6.07) is 19.4. The van der Waals surface area contributed by atoms with Gasteiger partial charge in [0.1, 0.15) is 5.75 Å². The number of benzene rings is 3. The van der Waals surface area contributed by atoms with Crippen molar-refractivity contribution in [1.82, 2.24) is 9.97 Å². The van der Waals surface area contributed by atoms with Gasteiger partial charge in [-0.25, -0.2) is 31.5 Å². The molecule has 2 heterocycles. The summed E-state index contributed by atoms with van der Waals surface area (Å²) in [5, 5.41) is 3.05. The predicted molar refractivity (Wildman–Crippen MR) is 154 cm³/mol. The Morgan fingerprint density at radius 2 is 1.51 bits per heavy atom. The number of nitrogens with zero attached hydrogens (tertiary/aromatic N) is 3. The van der Waals surface area contributed by atoms with Gasteiger partial charge in [-0.15, -0.1) is 0 Å². The number of ether oxygens (including phenoxy) is 1. The van der Waals surface area contributed by atoms with Gasteiger partial charge in [0.25, 0.3) is 26.0 Å². The maximum absolute atomic E-state index is 13.5. The van der Waals surface area contributed by atoms with Crippen LogP contribution in [-0.4, -0.2) is 45.4 Å². The van der Waals surface area contributed by atoms with E-state index in [0.717, 1.165) is 4.31 Å². The summed E-state index contributed by atoms with van der Waals surface area (Å²) in [5.41, 5.74) is 1.80. The Kier molecular flexibility index (Phi) is 7.60. The zero-order valence-corrected chi connectivity index (χ0v) is 24.2. The Bertz CT molecular complexity index is 1810. The van der Waals surface area contributed by atoms with Crippen LogP contribution >= 0.6 is 11.6 Å². The van der Waals surface area contributed by atoms with Crippen LogP contribution in [0.25, 0.3) is 0 Å². The van der Waals surface area contributed by atoms with Crippen LogP contribution in [-0.2, 0) is 24.8 Å². The molecule has 14 heteroatoms.